The lowest BCUT2D eigenvalue weighted by atomic mass is 10.1. The third-order valence-electron chi connectivity index (χ3n) is 5.49. The molecule has 1 saturated heterocycles. The molecular formula is C22H28BrN3O5S2. The average molecular weight is 559 g/mol. The molecule has 0 bridgehead atoms. The fourth-order valence-corrected chi connectivity index (χ4v) is 6.78. The molecule has 0 aliphatic carbocycles. The van der Waals surface area contributed by atoms with Crippen LogP contribution < -0.4 is 5.32 Å². The van der Waals surface area contributed by atoms with Gasteiger partial charge in [-0.1, -0.05) is 35.0 Å². The number of carbonyl (C=O) groups is 1. The summed E-state index contributed by atoms with van der Waals surface area (Å²) >= 11 is 3.28. The van der Waals surface area contributed by atoms with Gasteiger partial charge in [0.2, 0.25) is 26.0 Å². The van der Waals surface area contributed by atoms with Crippen LogP contribution >= 0.6 is 15.9 Å². The van der Waals surface area contributed by atoms with Crippen molar-refractivity contribution in [3.63, 3.8) is 0 Å². The van der Waals surface area contributed by atoms with Gasteiger partial charge >= 0.3 is 0 Å². The summed E-state index contributed by atoms with van der Waals surface area (Å²) < 4.78 is 54.2. The van der Waals surface area contributed by atoms with Gasteiger partial charge in [-0.3, -0.25) is 4.79 Å². The minimum atomic E-state index is -3.78. The summed E-state index contributed by atoms with van der Waals surface area (Å²) in [5, 5.41) is 2.74. The third-order valence-corrected chi connectivity index (χ3v) is 9.86. The predicted octanol–water partition coefficient (Wildman–Crippen LogP) is 2.60. The zero-order valence-electron chi connectivity index (χ0n) is 18.4. The molecule has 1 heterocycles. The summed E-state index contributed by atoms with van der Waals surface area (Å²) in [5.74, 6) is -0.397. The van der Waals surface area contributed by atoms with E-state index < -0.39 is 26.0 Å². The van der Waals surface area contributed by atoms with Crippen molar-refractivity contribution in [2.45, 2.75) is 36.0 Å². The number of nitrogens with zero attached hydrogens (tertiary/aromatic N) is 2. The van der Waals surface area contributed by atoms with Crippen LogP contribution in [0.25, 0.3) is 0 Å². The van der Waals surface area contributed by atoms with Crippen molar-refractivity contribution in [2.75, 3.05) is 32.7 Å². The monoisotopic (exact) mass is 557 g/mol. The van der Waals surface area contributed by atoms with E-state index in [2.05, 4.69) is 21.2 Å². The Bertz CT molecular complexity index is 1160. The Balaban J connectivity index is 1.52. The lowest BCUT2D eigenvalue weighted by Gasteiger charge is -2.20. The molecule has 3 rings (SSSR count). The van der Waals surface area contributed by atoms with Crippen molar-refractivity contribution < 1.29 is 21.6 Å². The number of benzene rings is 2. The van der Waals surface area contributed by atoms with E-state index in [1.54, 1.807) is 43.3 Å². The minimum Gasteiger partial charge on any atom is -0.355 e. The van der Waals surface area contributed by atoms with Crippen LogP contribution in [0.5, 0.6) is 0 Å². The Kier molecular flexibility index (Phi) is 8.68. The number of hydrogen-bond acceptors (Lipinski definition) is 5. The van der Waals surface area contributed by atoms with Crippen LogP contribution in [-0.2, 0) is 31.3 Å². The van der Waals surface area contributed by atoms with Gasteiger partial charge in [0, 0.05) is 30.7 Å². The van der Waals surface area contributed by atoms with Crippen molar-refractivity contribution in [1.29, 1.82) is 0 Å². The normalized spacial score (nSPS) is 15.1. The van der Waals surface area contributed by atoms with Gasteiger partial charge in [0.25, 0.3) is 0 Å². The van der Waals surface area contributed by atoms with Gasteiger partial charge in [0.15, 0.2) is 0 Å². The standard InChI is InChI=1S/C22H28BrN3O5S2/c1-2-25(32(28,29)21-11-7-19(23)8-12-21)17-22(27)24-14-13-18-5-9-20(10-6-18)33(30,31)26-15-3-4-16-26/h5-12H,2-4,13-17H2,1H3,(H,24,27). The van der Waals surface area contributed by atoms with Gasteiger partial charge in [-0.05, 0) is 61.2 Å². The number of carbonyl (C=O) groups excluding carboxylic acids is 1. The molecule has 33 heavy (non-hydrogen) atoms. The summed E-state index contributed by atoms with van der Waals surface area (Å²) in [6.07, 6.45) is 2.27. The van der Waals surface area contributed by atoms with Crippen molar-refractivity contribution >= 4 is 41.9 Å². The zero-order valence-corrected chi connectivity index (χ0v) is 21.6. The van der Waals surface area contributed by atoms with E-state index in [0.717, 1.165) is 27.2 Å². The fourth-order valence-electron chi connectivity index (χ4n) is 3.59. The van der Waals surface area contributed by atoms with Gasteiger partial charge in [0.05, 0.1) is 16.3 Å². The van der Waals surface area contributed by atoms with Gasteiger partial charge in [-0.25, -0.2) is 16.8 Å². The first-order valence-corrected chi connectivity index (χ1v) is 14.4. The third kappa shape index (κ3) is 6.42. The number of rotatable bonds is 10. The lowest BCUT2D eigenvalue weighted by molar-refractivity contribution is -0.121. The summed E-state index contributed by atoms with van der Waals surface area (Å²) in [7, 11) is -7.22. The summed E-state index contributed by atoms with van der Waals surface area (Å²) in [4.78, 5) is 12.8. The number of nitrogens with one attached hydrogen (secondary N) is 1. The van der Waals surface area contributed by atoms with Crippen molar-refractivity contribution in [3.05, 3.63) is 58.6 Å². The maximum atomic E-state index is 12.8. The maximum Gasteiger partial charge on any atom is 0.243 e. The number of sulfonamides is 2. The zero-order chi connectivity index (χ0) is 24.1. The Morgan fingerprint density at radius 2 is 1.55 bits per heavy atom. The molecule has 0 radical (unpaired) electrons. The van der Waals surface area contributed by atoms with Crippen LogP contribution in [0, 0.1) is 0 Å². The first-order valence-electron chi connectivity index (χ1n) is 10.8. The molecule has 1 fully saturated rings. The van der Waals surface area contributed by atoms with Crippen LogP contribution in [0.4, 0.5) is 0 Å². The average Bonchev–Trinajstić information content (AvgIpc) is 3.34. The molecule has 0 saturated carbocycles. The number of halogens is 1. The van der Waals surface area contributed by atoms with Crippen molar-refractivity contribution in [1.82, 2.24) is 13.9 Å². The van der Waals surface area contributed by atoms with Gasteiger partial charge in [-0.15, -0.1) is 0 Å². The highest BCUT2D eigenvalue weighted by Crippen LogP contribution is 2.21. The van der Waals surface area contributed by atoms with Gasteiger partial charge in [0.1, 0.15) is 0 Å². The minimum absolute atomic E-state index is 0.129. The van der Waals surface area contributed by atoms with E-state index in [1.807, 2.05) is 0 Å². The van der Waals surface area contributed by atoms with Crippen LogP contribution in [0.15, 0.2) is 62.8 Å². The van der Waals surface area contributed by atoms with Crippen LogP contribution in [-0.4, -0.2) is 64.1 Å². The highest BCUT2D eigenvalue weighted by molar-refractivity contribution is 9.10. The van der Waals surface area contributed by atoms with Crippen LogP contribution in [0.1, 0.15) is 25.3 Å². The molecule has 0 unspecified atom stereocenters. The van der Waals surface area contributed by atoms with E-state index in [1.165, 1.54) is 16.4 Å². The molecule has 180 valence electrons. The predicted molar refractivity (Wildman–Crippen MR) is 130 cm³/mol. The Morgan fingerprint density at radius 1 is 0.970 bits per heavy atom. The highest BCUT2D eigenvalue weighted by atomic mass is 79.9. The molecule has 8 nitrogen and oxygen atoms in total. The maximum absolute atomic E-state index is 12.8. The molecule has 0 atom stereocenters. The number of likely N-dealkylation sites (N-methyl/N-ethyl adjacent to an activating group) is 1. The largest absolute Gasteiger partial charge is 0.355 e. The lowest BCUT2D eigenvalue weighted by Crippen LogP contribution is -2.41. The van der Waals surface area contributed by atoms with Crippen LogP contribution in [0.2, 0.25) is 0 Å². The molecule has 11 heteroatoms. The topological polar surface area (TPSA) is 104 Å². The summed E-state index contributed by atoms with van der Waals surface area (Å²) in [6, 6.07) is 12.9. The van der Waals surface area contributed by atoms with Gasteiger partial charge in [-0.2, -0.15) is 8.61 Å². The van der Waals surface area contributed by atoms with Gasteiger partial charge < -0.3 is 5.32 Å². The number of amides is 1. The smallest absolute Gasteiger partial charge is 0.243 e. The second-order valence-electron chi connectivity index (χ2n) is 7.74. The fraction of sp³-hybridized carbons (Fsp3) is 0.409. The number of hydrogen-bond donors (Lipinski definition) is 1. The molecule has 0 aromatic heterocycles. The Labute approximate surface area is 204 Å². The quantitative estimate of drug-likeness (QED) is 0.483. The van der Waals surface area contributed by atoms with E-state index in [-0.39, 0.29) is 22.9 Å². The second kappa shape index (κ2) is 11.1. The van der Waals surface area contributed by atoms with Crippen molar-refractivity contribution in [2.24, 2.45) is 0 Å². The SMILES string of the molecule is CCN(CC(=O)NCCc1ccc(S(=O)(=O)N2CCCC2)cc1)S(=O)(=O)c1ccc(Br)cc1. The molecule has 1 N–H and O–H groups in total. The summed E-state index contributed by atoms with van der Waals surface area (Å²) in [6.45, 7) is 3.00. The molecule has 1 aliphatic rings. The Hall–Kier alpha value is -1.79. The second-order valence-corrected chi connectivity index (χ2v) is 12.5. The first-order chi connectivity index (χ1) is 15.6. The Morgan fingerprint density at radius 3 is 2.12 bits per heavy atom. The molecule has 2 aromatic rings. The van der Waals surface area contributed by atoms with E-state index in [4.69, 9.17) is 0 Å². The van der Waals surface area contributed by atoms with Crippen LogP contribution in [0.3, 0.4) is 0 Å². The molecule has 1 amide bonds. The molecule has 2 aromatic carbocycles. The van der Waals surface area contributed by atoms with Crippen molar-refractivity contribution in [3.8, 4) is 0 Å². The molecule has 0 spiro atoms. The molecule has 1 aliphatic heterocycles. The molecular weight excluding hydrogens is 530 g/mol. The highest BCUT2D eigenvalue weighted by Gasteiger charge is 2.27. The van der Waals surface area contributed by atoms with E-state index in [9.17, 15) is 21.6 Å². The van der Waals surface area contributed by atoms with E-state index in [0.29, 0.717) is 26.1 Å². The van der Waals surface area contributed by atoms with E-state index >= 15 is 0 Å². The first kappa shape index (κ1) is 25.8. The summed E-state index contributed by atoms with van der Waals surface area (Å²) in [5.41, 5.74) is 0.880.